The Morgan fingerprint density at radius 1 is 0.957 bits per heavy atom. The molecule has 1 amide bonds. The van der Waals surface area contributed by atoms with Crippen LogP contribution in [0.5, 0.6) is 0 Å². The van der Waals surface area contributed by atoms with Crippen molar-refractivity contribution in [2.24, 2.45) is 0 Å². The largest absolute Gasteiger partial charge is 0.313 e. The highest BCUT2D eigenvalue weighted by Gasteiger charge is 2.19. The molecule has 0 aliphatic rings. The first-order valence-electron chi connectivity index (χ1n) is 6.85. The molecule has 1 aromatic heterocycles. The fraction of sp³-hybridized carbons (Fsp3) is 0. The summed E-state index contributed by atoms with van der Waals surface area (Å²) in [6.07, 6.45) is 0. The van der Waals surface area contributed by atoms with Gasteiger partial charge in [0.15, 0.2) is 0 Å². The highest BCUT2D eigenvalue weighted by Crippen LogP contribution is 2.31. The zero-order valence-electron chi connectivity index (χ0n) is 11.9. The fourth-order valence-corrected chi connectivity index (χ4v) is 3.07. The Morgan fingerprint density at radius 2 is 1.65 bits per heavy atom. The minimum atomic E-state index is -0.557. The van der Waals surface area contributed by atoms with Gasteiger partial charge in [-0.2, -0.15) is 0 Å². The van der Waals surface area contributed by atoms with Crippen molar-refractivity contribution in [1.82, 2.24) is 0 Å². The monoisotopic (exact) mass is 324 g/mol. The SMILES string of the molecule is O=C(Nc1ccc(-c2ccccc2)s1)c1ccccc1[N+](=O)[O-]. The summed E-state index contributed by atoms with van der Waals surface area (Å²) in [4.78, 5) is 23.7. The maximum atomic E-state index is 12.3. The molecule has 0 saturated heterocycles. The number of hydrogen-bond donors (Lipinski definition) is 1. The van der Waals surface area contributed by atoms with Crippen LogP contribution in [0.4, 0.5) is 10.7 Å². The lowest BCUT2D eigenvalue weighted by Gasteiger charge is -2.03. The Bertz CT molecular complexity index is 859. The van der Waals surface area contributed by atoms with Gasteiger partial charge in [-0.3, -0.25) is 14.9 Å². The smallest absolute Gasteiger partial charge is 0.282 e. The van der Waals surface area contributed by atoms with Crippen LogP contribution < -0.4 is 5.32 Å². The van der Waals surface area contributed by atoms with E-state index in [1.54, 1.807) is 12.1 Å². The number of hydrogen-bond acceptors (Lipinski definition) is 4. The molecular weight excluding hydrogens is 312 g/mol. The molecule has 1 N–H and O–H groups in total. The molecule has 23 heavy (non-hydrogen) atoms. The maximum Gasteiger partial charge on any atom is 0.282 e. The molecule has 0 bridgehead atoms. The third kappa shape index (κ3) is 3.27. The minimum Gasteiger partial charge on any atom is -0.313 e. The van der Waals surface area contributed by atoms with Crippen LogP contribution in [0.1, 0.15) is 10.4 Å². The van der Waals surface area contributed by atoms with Crippen LogP contribution in [0.3, 0.4) is 0 Å². The van der Waals surface area contributed by atoms with Gasteiger partial charge in [0.2, 0.25) is 0 Å². The number of benzene rings is 2. The molecule has 2 aromatic carbocycles. The maximum absolute atomic E-state index is 12.3. The van der Waals surface area contributed by atoms with Gasteiger partial charge in [-0.25, -0.2) is 0 Å². The number of thiophene rings is 1. The van der Waals surface area contributed by atoms with E-state index >= 15 is 0 Å². The van der Waals surface area contributed by atoms with Gasteiger partial charge in [-0.15, -0.1) is 11.3 Å². The summed E-state index contributed by atoms with van der Waals surface area (Å²) in [5.41, 5.74) is 0.903. The van der Waals surface area contributed by atoms with Gasteiger partial charge in [0.05, 0.1) is 9.92 Å². The summed E-state index contributed by atoms with van der Waals surface area (Å²) >= 11 is 1.42. The first-order valence-corrected chi connectivity index (χ1v) is 7.67. The highest BCUT2D eigenvalue weighted by atomic mass is 32.1. The molecule has 3 rings (SSSR count). The second kappa shape index (κ2) is 6.41. The Kier molecular flexibility index (Phi) is 4.16. The van der Waals surface area contributed by atoms with E-state index in [9.17, 15) is 14.9 Å². The van der Waals surface area contributed by atoms with Crippen molar-refractivity contribution in [2.45, 2.75) is 0 Å². The highest BCUT2D eigenvalue weighted by molar-refractivity contribution is 7.19. The van der Waals surface area contributed by atoms with Crippen molar-refractivity contribution in [3.05, 3.63) is 82.4 Å². The molecule has 0 spiro atoms. The normalized spacial score (nSPS) is 10.3. The molecule has 1 heterocycles. The summed E-state index contributed by atoms with van der Waals surface area (Å²) < 4.78 is 0. The van der Waals surface area contributed by atoms with Gasteiger partial charge < -0.3 is 5.32 Å². The number of amides is 1. The topological polar surface area (TPSA) is 72.2 Å². The van der Waals surface area contributed by atoms with Crippen molar-refractivity contribution in [3.8, 4) is 10.4 Å². The van der Waals surface area contributed by atoms with E-state index in [0.29, 0.717) is 5.00 Å². The first-order chi connectivity index (χ1) is 11.1. The number of nitrogens with one attached hydrogen (secondary N) is 1. The minimum absolute atomic E-state index is 0.0483. The number of carbonyl (C=O) groups is 1. The molecule has 0 saturated carbocycles. The quantitative estimate of drug-likeness (QED) is 0.564. The molecule has 6 heteroatoms. The Labute approximate surface area is 136 Å². The molecule has 0 aliphatic heterocycles. The second-order valence-corrected chi connectivity index (χ2v) is 5.84. The van der Waals surface area contributed by atoms with Crippen molar-refractivity contribution < 1.29 is 9.72 Å². The van der Waals surface area contributed by atoms with E-state index in [4.69, 9.17) is 0 Å². The summed E-state index contributed by atoms with van der Waals surface area (Å²) in [5.74, 6) is -0.487. The van der Waals surface area contributed by atoms with Crippen LogP contribution in [-0.2, 0) is 0 Å². The fourth-order valence-electron chi connectivity index (χ4n) is 2.17. The second-order valence-electron chi connectivity index (χ2n) is 4.76. The molecule has 0 radical (unpaired) electrons. The molecule has 5 nitrogen and oxygen atoms in total. The zero-order valence-corrected chi connectivity index (χ0v) is 12.7. The molecule has 0 fully saturated rings. The van der Waals surface area contributed by atoms with Crippen molar-refractivity contribution in [1.29, 1.82) is 0 Å². The van der Waals surface area contributed by atoms with Gasteiger partial charge in [0.25, 0.3) is 11.6 Å². The van der Waals surface area contributed by atoms with Gasteiger partial charge in [-0.05, 0) is 23.8 Å². The number of para-hydroxylation sites is 1. The lowest BCUT2D eigenvalue weighted by molar-refractivity contribution is -0.385. The third-order valence-corrected chi connectivity index (χ3v) is 4.30. The van der Waals surface area contributed by atoms with Gasteiger partial charge in [-0.1, -0.05) is 42.5 Å². The van der Waals surface area contributed by atoms with E-state index < -0.39 is 10.8 Å². The van der Waals surface area contributed by atoms with Gasteiger partial charge in [0.1, 0.15) is 5.56 Å². The standard InChI is InChI=1S/C17H12N2O3S/c20-17(13-8-4-5-9-14(13)19(21)22)18-16-11-10-15(23-16)12-6-2-1-3-7-12/h1-11H,(H,18,20). The summed E-state index contributed by atoms with van der Waals surface area (Å²) in [6.45, 7) is 0. The number of anilines is 1. The van der Waals surface area contributed by atoms with Crippen LogP contribution in [-0.4, -0.2) is 10.8 Å². The predicted octanol–water partition coefficient (Wildman–Crippen LogP) is 4.58. The van der Waals surface area contributed by atoms with Crippen LogP contribution in [0.25, 0.3) is 10.4 Å². The average molecular weight is 324 g/mol. The van der Waals surface area contributed by atoms with Crippen LogP contribution in [0, 0.1) is 10.1 Å². The van der Waals surface area contributed by atoms with E-state index in [2.05, 4.69) is 5.32 Å². The molecule has 114 valence electrons. The molecular formula is C17H12N2O3S. The summed E-state index contributed by atoms with van der Waals surface area (Å²) in [5, 5.41) is 14.4. The van der Waals surface area contributed by atoms with Crippen LogP contribution >= 0.6 is 11.3 Å². The molecule has 0 atom stereocenters. The summed E-state index contributed by atoms with van der Waals surface area (Å²) in [6, 6.07) is 19.4. The van der Waals surface area contributed by atoms with Gasteiger partial charge >= 0.3 is 0 Å². The third-order valence-electron chi connectivity index (χ3n) is 3.25. The molecule has 0 aliphatic carbocycles. The van der Waals surface area contributed by atoms with Crippen LogP contribution in [0.2, 0.25) is 0 Å². The predicted molar refractivity (Wildman–Crippen MR) is 90.8 cm³/mol. The number of carbonyl (C=O) groups excluding carboxylic acids is 1. The Hall–Kier alpha value is -2.99. The number of nitrogens with zero attached hydrogens (tertiary/aromatic N) is 1. The van der Waals surface area contributed by atoms with E-state index in [1.165, 1.54) is 29.5 Å². The zero-order chi connectivity index (χ0) is 16.2. The lowest BCUT2D eigenvalue weighted by Crippen LogP contribution is -2.12. The van der Waals surface area contributed by atoms with E-state index in [1.807, 2.05) is 36.4 Å². The molecule has 3 aromatic rings. The number of nitro groups is 1. The Balaban J connectivity index is 1.82. The average Bonchev–Trinajstić information content (AvgIpc) is 3.04. The molecule has 0 unspecified atom stereocenters. The van der Waals surface area contributed by atoms with Gasteiger partial charge in [0, 0.05) is 10.9 Å². The lowest BCUT2D eigenvalue weighted by atomic mass is 10.1. The van der Waals surface area contributed by atoms with E-state index in [-0.39, 0.29) is 11.3 Å². The van der Waals surface area contributed by atoms with Crippen molar-refractivity contribution >= 4 is 27.9 Å². The number of rotatable bonds is 4. The first kappa shape index (κ1) is 14.9. The van der Waals surface area contributed by atoms with E-state index in [0.717, 1.165) is 10.4 Å². The van der Waals surface area contributed by atoms with Crippen molar-refractivity contribution in [2.75, 3.05) is 5.32 Å². The van der Waals surface area contributed by atoms with Crippen molar-refractivity contribution in [3.63, 3.8) is 0 Å². The summed E-state index contributed by atoms with van der Waals surface area (Å²) in [7, 11) is 0. The Morgan fingerprint density at radius 3 is 2.39 bits per heavy atom. The van der Waals surface area contributed by atoms with Crippen LogP contribution in [0.15, 0.2) is 66.7 Å². The number of nitro benzene ring substituents is 1.